The van der Waals surface area contributed by atoms with Gasteiger partial charge in [-0.15, -0.1) is 11.3 Å². The molecule has 0 saturated carbocycles. The number of benzene rings is 1. The number of nitrogens with zero attached hydrogens (tertiary/aromatic N) is 2. The third-order valence-electron chi connectivity index (χ3n) is 3.11. The third-order valence-corrected chi connectivity index (χ3v) is 4.61. The van der Waals surface area contributed by atoms with Gasteiger partial charge in [0.2, 0.25) is 5.13 Å². The monoisotopic (exact) mass is 361 g/mol. The second-order valence-corrected chi connectivity index (χ2v) is 6.35. The smallest absolute Gasteiger partial charge is 0.267 e. The van der Waals surface area contributed by atoms with E-state index in [9.17, 15) is 4.79 Å². The van der Waals surface area contributed by atoms with Crippen LogP contribution >= 0.6 is 22.9 Å². The van der Waals surface area contributed by atoms with Gasteiger partial charge >= 0.3 is 0 Å². The lowest BCUT2D eigenvalue weighted by Gasteiger charge is -2.09. The highest BCUT2D eigenvalue weighted by Crippen LogP contribution is 2.32. The van der Waals surface area contributed by atoms with E-state index in [1.165, 1.54) is 11.3 Å². The molecule has 124 valence electrons. The average Bonchev–Trinajstić information content (AvgIpc) is 3.27. The van der Waals surface area contributed by atoms with E-state index >= 15 is 0 Å². The first-order valence-electron chi connectivity index (χ1n) is 7.21. The van der Waals surface area contributed by atoms with Crippen molar-refractivity contribution >= 4 is 33.9 Å². The second kappa shape index (κ2) is 7.41. The number of aromatic nitrogens is 2. The number of hydrogen-bond donors (Lipinski definition) is 1. The molecule has 0 atom stereocenters. The zero-order chi connectivity index (χ0) is 16.9. The maximum atomic E-state index is 12.0. The molecule has 2 aromatic heterocycles. The summed E-state index contributed by atoms with van der Waals surface area (Å²) in [4.78, 5) is 17.0. The van der Waals surface area contributed by atoms with Crippen LogP contribution in [0.5, 0.6) is 11.5 Å². The molecule has 6 nitrogen and oxygen atoms in total. The number of amides is 1. The minimum atomic E-state index is -0.183. The van der Waals surface area contributed by atoms with Crippen LogP contribution in [0.25, 0.3) is 11.4 Å². The van der Waals surface area contributed by atoms with Gasteiger partial charge in [-0.3, -0.25) is 10.1 Å². The molecule has 0 unspecified atom stereocenters. The maximum Gasteiger partial charge on any atom is 0.267 e. The van der Waals surface area contributed by atoms with E-state index in [-0.39, 0.29) is 5.91 Å². The molecular weight excluding hydrogens is 346 g/mol. The van der Waals surface area contributed by atoms with Crippen molar-refractivity contribution in [3.05, 3.63) is 40.6 Å². The molecule has 1 aromatic carbocycles. The highest BCUT2D eigenvalue weighted by atomic mass is 32.1. The van der Waals surface area contributed by atoms with Gasteiger partial charge in [0, 0.05) is 17.1 Å². The normalized spacial score (nSPS) is 10.4. The van der Waals surface area contributed by atoms with Gasteiger partial charge < -0.3 is 9.47 Å². The Bertz CT molecular complexity index is 831. The lowest BCUT2D eigenvalue weighted by molar-refractivity contribution is 0.103. The van der Waals surface area contributed by atoms with Crippen LogP contribution in [0, 0.1) is 0 Å². The summed E-state index contributed by atoms with van der Waals surface area (Å²) >= 11 is 2.52. The summed E-state index contributed by atoms with van der Waals surface area (Å²) in [5.74, 6) is 1.64. The Kier molecular flexibility index (Phi) is 5.07. The average molecular weight is 361 g/mol. The molecule has 8 heteroatoms. The van der Waals surface area contributed by atoms with E-state index in [0.29, 0.717) is 33.9 Å². The summed E-state index contributed by atoms with van der Waals surface area (Å²) in [6, 6.07) is 9.09. The Morgan fingerprint density at radius 2 is 2.17 bits per heavy atom. The number of ether oxygens (including phenoxy) is 2. The Balaban J connectivity index is 1.79. The van der Waals surface area contributed by atoms with Crippen molar-refractivity contribution in [2.45, 2.75) is 6.92 Å². The van der Waals surface area contributed by atoms with Gasteiger partial charge in [-0.25, -0.2) is 0 Å². The molecule has 0 aliphatic heterocycles. The first-order valence-corrected chi connectivity index (χ1v) is 8.86. The van der Waals surface area contributed by atoms with E-state index in [0.717, 1.165) is 17.1 Å². The largest absolute Gasteiger partial charge is 0.493 e. The summed E-state index contributed by atoms with van der Waals surface area (Å²) in [7, 11) is 1.59. The molecule has 3 rings (SSSR count). The number of rotatable bonds is 6. The first kappa shape index (κ1) is 16.4. The minimum Gasteiger partial charge on any atom is -0.493 e. The number of hydrogen-bond acceptors (Lipinski definition) is 7. The highest BCUT2D eigenvalue weighted by Gasteiger charge is 2.13. The van der Waals surface area contributed by atoms with Gasteiger partial charge in [0.25, 0.3) is 5.91 Å². The van der Waals surface area contributed by atoms with Crippen LogP contribution < -0.4 is 14.8 Å². The third kappa shape index (κ3) is 3.55. The number of anilines is 1. The van der Waals surface area contributed by atoms with Crippen molar-refractivity contribution in [1.29, 1.82) is 0 Å². The lowest BCUT2D eigenvalue weighted by atomic mass is 10.2. The molecule has 0 radical (unpaired) electrons. The lowest BCUT2D eigenvalue weighted by Crippen LogP contribution is -2.09. The molecule has 3 aromatic rings. The molecular formula is C16H15N3O3S2. The second-order valence-electron chi connectivity index (χ2n) is 4.65. The Morgan fingerprint density at radius 3 is 2.88 bits per heavy atom. The molecule has 0 spiro atoms. The van der Waals surface area contributed by atoms with Crippen molar-refractivity contribution in [1.82, 2.24) is 9.36 Å². The zero-order valence-electron chi connectivity index (χ0n) is 13.1. The summed E-state index contributed by atoms with van der Waals surface area (Å²) in [5, 5.41) is 5.06. The van der Waals surface area contributed by atoms with Crippen molar-refractivity contribution in [3.63, 3.8) is 0 Å². The predicted molar refractivity (Wildman–Crippen MR) is 95.3 cm³/mol. The minimum absolute atomic E-state index is 0.183. The van der Waals surface area contributed by atoms with Crippen molar-refractivity contribution < 1.29 is 14.3 Å². The molecule has 1 amide bonds. The van der Waals surface area contributed by atoms with E-state index in [2.05, 4.69) is 14.7 Å². The first-order chi connectivity index (χ1) is 11.7. The van der Waals surface area contributed by atoms with Crippen LogP contribution in [0.15, 0.2) is 35.7 Å². The summed E-state index contributed by atoms with van der Waals surface area (Å²) in [6.07, 6.45) is 0. The fraction of sp³-hybridized carbons (Fsp3) is 0.188. The standard InChI is InChI=1S/C16H15N3O3S2/c1-3-22-11-7-6-10(9-12(11)21-2)14-17-16(24-19-14)18-15(20)13-5-4-8-23-13/h4-9H,3H2,1-2H3,(H,17,18,19,20). The molecule has 0 saturated heterocycles. The Labute approximate surface area is 147 Å². The predicted octanol–water partition coefficient (Wildman–Crippen LogP) is 3.93. The van der Waals surface area contributed by atoms with Gasteiger partial charge in [0.05, 0.1) is 18.6 Å². The summed E-state index contributed by atoms with van der Waals surface area (Å²) in [5.41, 5.74) is 0.795. The van der Waals surface area contributed by atoms with Gasteiger partial charge in [-0.1, -0.05) is 6.07 Å². The van der Waals surface area contributed by atoms with E-state index in [4.69, 9.17) is 9.47 Å². The molecule has 0 bridgehead atoms. The van der Waals surface area contributed by atoms with Crippen LogP contribution in [-0.4, -0.2) is 29.0 Å². The number of nitrogens with one attached hydrogen (secondary N) is 1. The SMILES string of the molecule is CCOc1ccc(-c2nsc(NC(=O)c3cccs3)n2)cc1OC. The van der Waals surface area contributed by atoms with Crippen LogP contribution in [0.3, 0.4) is 0 Å². The topological polar surface area (TPSA) is 73.3 Å². The van der Waals surface area contributed by atoms with Crippen LogP contribution in [0.2, 0.25) is 0 Å². The van der Waals surface area contributed by atoms with Gasteiger partial charge in [-0.05, 0) is 36.6 Å². The van der Waals surface area contributed by atoms with Crippen LogP contribution in [0.4, 0.5) is 5.13 Å². The van der Waals surface area contributed by atoms with Crippen LogP contribution in [-0.2, 0) is 0 Å². The number of carbonyl (C=O) groups is 1. The number of carbonyl (C=O) groups excluding carboxylic acids is 1. The fourth-order valence-corrected chi connectivity index (χ4v) is 3.24. The number of thiophene rings is 1. The molecule has 0 aliphatic carbocycles. The number of methoxy groups -OCH3 is 1. The molecule has 1 N–H and O–H groups in total. The molecule has 0 fully saturated rings. The molecule has 2 heterocycles. The Morgan fingerprint density at radius 1 is 1.29 bits per heavy atom. The summed E-state index contributed by atoms with van der Waals surface area (Å²) in [6.45, 7) is 2.47. The van der Waals surface area contributed by atoms with Crippen LogP contribution in [0.1, 0.15) is 16.6 Å². The van der Waals surface area contributed by atoms with Gasteiger partial charge in [-0.2, -0.15) is 9.36 Å². The van der Waals surface area contributed by atoms with Gasteiger partial charge in [0.1, 0.15) is 0 Å². The van der Waals surface area contributed by atoms with Crippen molar-refractivity contribution in [3.8, 4) is 22.9 Å². The van der Waals surface area contributed by atoms with Crippen molar-refractivity contribution in [2.24, 2.45) is 0 Å². The van der Waals surface area contributed by atoms with E-state index in [1.54, 1.807) is 13.2 Å². The summed E-state index contributed by atoms with van der Waals surface area (Å²) < 4.78 is 15.1. The van der Waals surface area contributed by atoms with Gasteiger partial charge in [0.15, 0.2) is 17.3 Å². The molecule has 0 aliphatic rings. The van der Waals surface area contributed by atoms with E-state index < -0.39 is 0 Å². The Hall–Kier alpha value is -2.45. The quantitative estimate of drug-likeness (QED) is 0.720. The van der Waals surface area contributed by atoms with Crippen molar-refractivity contribution in [2.75, 3.05) is 19.0 Å². The van der Waals surface area contributed by atoms with E-state index in [1.807, 2.05) is 36.6 Å². The highest BCUT2D eigenvalue weighted by molar-refractivity contribution is 7.12. The maximum absolute atomic E-state index is 12.0. The fourth-order valence-electron chi connectivity index (χ4n) is 2.04. The zero-order valence-corrected chi connectivity index (χ0v) is 14.7. The molecule has 24 heavy (non-hydrogen) atoms.